The molecule has 4 aromatic carbocycles. The number of fused-ring (bicyclic) bond motifs is 5. The molecule has 5 atom stereocenters. The maximum atomic E-state index is 14.6. The van der Waals surface area contributed by atoms with Gasteiger partial charge >= 0.3 is 0 Å². The number of nitrogens with one attached hydrogen (secondary N) is 5. The van der Waals surface area contributed by atoms with Gasteiger partial charge in [0.2, 0.25) is 29.4 Å². The summed E-state index contributed by atoms with van der Waals surface area (Å²) in [6.45, 7) is 3.24. The second kappa shape index (κ2) is 20.2. The molecule has 4 bridgehead atoms. The Morgan fingerprint density at radius 3 is 2.17 bits per heavy atom. The Morgan fingerprint density at radius 2 is 1.52 bits per heavy atom. The summed E-state index contributed by atoms with van der Waals surface area (Å²) in [6.07, 6.45) is 3.74. The largest absolute Gasteiger partial charge is 0.507 e. The zero-order chi connectivity index (χ0) is 45.4. The standard InChI is InChI=1S/C46H49ClN8O8/c1-25(41(58)37-23-49-24-50-37)51-44(61)36-21-27-7-17-38(56)33(20-27)34-22-31(14-18-39(34)57)40(45(62)52-26(2)42(59)54-36)55(3)46(63)35(6-4-5-19-48)53-43(60)30-10-8-28(9-11-30)29-12-15-32(47)16-13-29/h7-18,20,22-26,35-36,40,56-57H,4-6,19,21,48H2,1-3H3,(H,49,50)(H,51,61)(H,52,62)(H,53,60)(H,54,59). The van der Waals surface area contributed by atoms with E-state index in [1.807, 2.05) is 12.1 Å². The van der Waals surface area contributed by atoms with E-state index in [1.54, 1.807) is 42.5 Å². The topological polar surface area (TPSA) is 249 Å². The maximum absolute atomic E-state index is 14.6. The lowest BCUT2D eigenvalue weighted by Gasteiger charge is -2.32. The van der Waals surface area contributed by atoms with Crippen LogP contribution in [0.2, 0.25) is 5.02 Å². The number of unbranched alkanes of at least 4 members (excludes halogenated alkanes) is 1. The smallest absolute Gasteiger partial charge is 0.251 e. The van der Waals surface area contributed by atoms with E-state index in [0.29, 0.717) is 35.5 Å². The molecule has 0 saturated carbocycles. The molecule has 1 aliphatic heterocycles. The van der Waals surface area contributed by atoms with Gasteiger partial charge in [-0.2, -0.15) is 0 Å². The van der Waals surface area contributed by atoms with Crippen molar-refractivity contribution in [3.05, 3.63) is 125 Å². The molecule has 16 nitrogen and oxygen atoms in total. The van der Waals surface area contributed by atoms with Crippen LogP contribution in [0, 0.1) is 0 Å². The van der Waals surface area contributed by atoms with Gasteiger partial charge in [-0.05, 0) is 110 Å². The van der Waals surface area contributed by atoms with E-state index in [9.17, 15) is 39.0 Å². The van der Waals surface area contributed by atoms with Crippen molar-refractivity contribution in [2.24, 2.45) is 5.73 Å². The number of ketones is 1. The lowest BCUT2D eigenvalue weighted by Crippen LogP contribution is -2.56. The van der Waals surface area contributed by atoms with E-state index in [-0.39, 0.29) is 46.7 Å². The van der Waals surface area contributed by atoms with Crippen LogP contribution < -0.4 is 27.0 Å². The average Bonchev–Trinajstić information content (AvgIpc) is 3.82. The summed E-state index contributed by atoms with van der Waals surface area (Å²) in [6, 6.07) is 16.6. The van der Waals surface area contributed by atoms with Gasteiger partial charge in [0.05, 0.1) is 18.6 Å². The summed E-state index contributed by atoms with van der Waals surface area (Å²) < 4.78 is 0. The molecule has 328 valence electrons. The van der Waals surface area contributed by atoms with Crippen LogP contribution in [0.4, 0.5) is 0 Å². The summed E-state index contributed by atoms with van der Waals surface area (Å²) in [5.74, 6) is -4.38. The van der Waals surface area contributed by atoms with Gasteiger partial charge in [0.1, 0.15) is 41.4 Å². The number of likely N-dealkylation sites (N-methyl/N-ethyl adjacent to an activating group) is 1. The number of hydrogen-bond donors (Lipinski definition) is 8. The molecule has 0 radical (unpaired) electrons. The fraction of sp³-hybridized carbons (Fsp3) is 0.283. The van der Waals surface area contributed by atoms with Gasteiger partial charge in [-0.1, -0.05) is 48.0 Å². The quantitative estimate of drug-likeness (QED) is 0.0620. The number of Topliss-reactive ketones (excluding diaryl/α,β-unsaturated/α-hetero) is 1. The van der Waals surface area contributed by atoms with Crippen molar-refractivity contribution in [2.45, 2.75) is 69.7 Å². The number of benzene rings is 4. The normalized spacial score (nSPS) is 17.3. The van der Waals surface area contributed by atoms with E-state index >= 15 is 0 Å². The van der Waals surface area contributed by atoms with Crippen LogP contribution in [0.15, 0.2) is 97.5 Å². The second-order valence-corrected chi connectivity index (χ2v) is 15.9. The highest BCUT2D eigenvalue weighted by molar-refractivity contribution is 6.30. The van der Waals surface area contributed by atoms with Crippen molar-refractivity contribution in [1.29, 1.82) is 0 Å². The lowest BCUT2D eigenvalue weighted by atomic mass is 9.93. The molecular weight excluding hydrogens is 828 g/mol. The molecule has 6 rings (SSSR count). The first-order chi connectivity index (χ1) is 30.1. The molecule has 1 aromatic heterocycles. The van der Waals surface area contributed by atoms with Crippen LogP contribution in [0.3, 0.4) is 0 Å². The number of amides is 5. The number of aromatic amines is 1. The minimum atomic E-state index is -1.44. The first-order valence-corrected chi connectivity index (χ1v) is 20.8. The van der Waals surface area contributed by atoms with E-state index in [1.165, 1.54) is 63.8 Å². The number of aromatic hydroxyl groups is 2. The molecule has 5 unspecified atom stereocenters. The van der Waals surface area contributed by atoms with Crippen molar-refractivity contribution in [3.63, 3.8) is 0 Å². The monoisotopic (exact) mass is 876 g/mol. The summed E-state index contributed by atoms with van der Waals surface area (Å²) in [5, 5.41) is 33.7. The van der Waals surface area contributed by atoms with Crippen LogP contribution in [0.5, 0.6) is 11.5 Å². The van der Waals surface area contributed by atoms with Crippen molar-refractivity contribution >= 4 is 46.9 Å². The van der Waals surface area contributed by atoms with Gasteiger partial charge in [-0.3, -0.25) is 28.8 Å². The number of nitrogens with two attached hydrogens (primary N) is 1. The third kappa shape index (κ3) is 10.9. The van der Waals surface area contributed by atoms with E-state index < -0.39 is 65.5 Å². The van der Waals surface area contributed by atoms with Crippen LogP contribution in [-0.2, 0) is 25.6 Å². The summed E-state index contributed by atoms with van der Waals surface area (Å²) >= 11 is 6.05. The number of rotatable bonds is 13. The average molecular weight is 877 g/mol. The molecule has 5 aromatic rings. The van der Waals surface area contributed by atoms with Crippen LogP contribution in [-0.4, -0.2) is 98.2 Å². The van der Waals surface area contributed by atoms with E-state index in [0.717, 1.165) is 16.0 Å². The number of H-pyrrole nitrogens is 1. The van der Waals surface area contributed by atoms with Crippen LogP contribution in [0.25, 0.3) is 22.3 Å². The number of carbonyl (C=O) groups excluding carboxylic acids is 6. The Hall–Kier alpha value is -7.04. The first kappa shape index (κ1) is 45.5. The molecule has 1 aliphatic rings. The number of halogens is 1. The van der Waals surface area contributed by atoms with Gasteiger partial charge in [-0.15, -0.1) is 0 Å². The third-order valence-corrected chi connectivity index (χ3v) is 11.1. The number of imidazole rings is 1. The van der Waals surface area contributed by atoms with Gasteiger partial charge < -0.3 is 47.1 Å². The Labute approximate surface area is 368 Å². The number of phenolic OH excluding ortho intramolecular Hbond substituents is 2. The first-order valence-electron chi connectivity index (χ1n) is 20.4. The number of hydrogen-bond acceptors (Lipinski definition) is 10. The maximum Gasteiger partial charge on any atom is 0.251 e. The van der Waals surface area contributed by atoms with Gasteiger partial charge in [0.15, 0.2) is 0 Å². The van der Waals surface area contributed by atoms with Gasteiger partial charge in [-0.25, -0.2) is 4.98 Å². The predicted molar refractivity (Wildman–Crippen MR) is 236 cm³/mol. The third-order valence-electron chi connectivity index (χ3n) is 10.9. The van der Waals surface area contributed by atoms with Crippen LogP contribution in [0.1, 0.15) is 71.1 Å². The van der Waals surface area contributed by atoms with Gasteiger partial charge in [0, 0.05) is 35.2 Å². The molecule has 0 aliphatic carbocycles. The Bertz CT molecular complexity index is 2480. The molecule has 2 heterocycles. The molecule has 17 heteroatoms. The number of nitrogens with zero attached hydrogens (tertiary/aromatic N) is 2. The lowest BCUT2D eigenvalue weighted by molar-refractivity contribution is -0.141. The number of aromatic nitrogens is 2. The summed E-state index contributed by atoms with van der Waals surface area (Å²) in [5.41, 5.74) is 8.90. The van der Waals surface area contributed by atoms with E-state index in [2.05, 4.69) is 31.2 Å². The molecule has 0 spiro atoms. The number of carbonyl (C=O) groups is 6. The molecule has 9 N–H and O–H groups in total. The SMILES string of the molecule is CC1NC(=O)C(N(C)C(=O)C(CCCCN)NC(=O)c2ccc(-c3ccc(Cl)cc3)cc2)c2ccc(O)c(c2)-c2cc(ccc2O)CC(C(=O)NC(C)C(=O)c2cnc[nH]2)NC1=O. The van der Waals surface area contributed by atoms with Crippen molar-refractivity contribution in [3.8, 4) is 33.8 Å². The molecular formula is C46H49ClN8O8. The second-order valence-electron chi connectivity index (χ2n) is 15.4. The van der Waals surface area contributed by atoms with Crippen LogP contribution >= 0.6 is 11.6 Å². The highest BCUT2D eigenvalue weighted by Crippen LogP contribution is 2.39. The number of phenols is 2. The zero-order valence-corrected chi connectivity index (χ0v) is 35.6. The molecule has 63 heavy (non-hydrogen) atoms. The Morgan fingerprint density at radius 1 is 0.873 bits per heavy atom. The molecule has 0 saturated heterocycles. The van der Waals surface area contributed by atoms with Gasteiger partial charge in [0.25, 0.3) is 5.91 Å². The Balaban J connectivity index is 1.31. The molecule has 5 amide bonds. The molecule has 0 fully saturated rings. The highest BCUT2D eigenvalue weighted by atomic mass is 35.5. The fourth-order valence-corrected chi connectivity index (χ4v) is 7.47. The Kier molecular flexibility index (Phi) is 14.6. The highest BCUT2D eigenvalue weighted by Gasteiger charge is 2.36. The van der Waals surface area contributed by atoms with Crippen molar-refractivity contribution < 1.29 is 39.0 Å². The summed E-state index contributed by atoms with van der Waals surface area (Å²) in [4.78, 5) is 90.9. The minimum Gasteiger partial charge on any atom is -0.507 e. The van der Waals surface area contributed by atoms with Crippen molar-refractivity contribution in [2.75, 3.05) is 13.6 Å². The van der Waals surface area contributed by atoms with Crippen molar-refractivity contribution in [1.82, 2.24) is 36.1 Å². The predicted octanol–water partition coefficient (Wildman–Crippen LogP) is 4.17. The zero-order valence-electron chi connectivity index (χ0n) is 34.9. The summed E-state index contributed by atoms with van der Waals surface area (Å²) in [7, 11) is 1.39. The minimum absolute atomic E-state index is 0.106. The van der Waals surface area contributed by atoms with E-state index in [4.69, 9.17) is 17.3 Å². The fourth-order valence-electron chi connectivity index (χ4n) is 7.34.